The summed E-state index contributed by atoms with van der Waals surface area (Å²) < 4.78 is 11.0. The summed E-state index contributed by atoms with van der Waals surface area (Å²) in [5, 5.41) is 21.1. The van der Waals surface area contributed by atoms with E-state index < -0.39 is 0 Å². The Morgan fingerprint density at radius 2 is 1.63 bits per heavy atom. The van der Waals surface area contributed by atoms with Crippen LogP contribution in [0.25, 0.3) is 0 Å². The number of azo groups is 1. The number of anilines is 1. The molecule has 0 unspecified atom stereocenters. The summed E-state index contributed by atoms with van der Waals surface area (Å²) in [5.41, 5.74) is 3.84. The maximum absolute atomic E-state index is 9.24. The Labute approximate surface area is 158 Å². The number of para-hydroxylation sites is 3. The Hall–Kier alpha value is -3.92. The van der Waals surface area contributed by atoms with Gasteiger partial charge in [-0.05, 0) is 24.3 Å². The first-order valence-electron chi connectivity index (χ1n) is 8.09. The van der Waals surface area contributed by atoms with Gasteiger partial charge >= 0.3 is 0 Å². The summed E-state index contributed by atoms with van der Waals surface area (Å²) in [7, 11) is 0. The molecule has 0 heterocycles. The largest absolute Gasteiger partial charge is 0.487 e. The first-order chi connectivity index (χ1) is 13.3. The van der Waals surface area contributed by atoms with E-state index in [1.807, 2.05) is 24.3 Å². The average Bonchev–Trinajstić information content (AvgIpc) is 2.72. The molecular weight excluding hydrogens is 342 g/mol. The van der Waals surface area contributed by atoms with Crippen molar-refractivity contribution in [3.05, 3.63) is 73.8 Å². The molecule has 0 bridgehead atoms. The van der Waals surface area contributed by atoms with E-state index in [1.54, 1.807) is 42.5 Å². The minimum Gasteiger partial charge on any atom is -0.487 e. The van der Waals surface area contributed by atoms with Crippen molar-refractivity contribution in [1.82, 2.24) is 0 Å². The zero-order valence-electron chi connectivity index (χ0n) is 14.7. The van der Waals surface area contributed by atoms with Crippen LogP contribution in [0.15, 0.2) is 89.2 Å². The predicted molar refractivity (Wildman–Crippen MR) is 105 cm³/mol. The van der Waals surface area contributed by atoms with Crippen molar-refractivity contribution in [3.63, 3.8) is 0 Å². The van der Waals surface area contributed by atoms with Crippen molar-refractivity contribution in [3.8, 4) is 17.6 Å². The fraction of sp³-hybridized carbons (Fsp3) is 0.100. The van der Waals surface area contributed by atoms with Gasteiger partial charge in [-0.15, -0.1) is 15.3 Å². The van der Waals surface area contributed by atoms with Crippen LogP contribution in [0.1, 0.15) is 0 Å². The maximum atomic E-state index is 9.24. The highest BCUT2D eigenvalue weighted by molar-refractivity contribution is 5.97. The summed E-state index contributed by atoms with van der Waals surface area (Å²) in [5.74, 6) is 0.972. The highest BCUT2D eigenvalue weighted by Gasteiger charge is 2.04. The van der Waals surface area contributed by atoms with Crippen LogP contribution in [0.5, 0.6) is 11.5 Å². The monoisotopic (exact) mass is 361 g/mol. The van der Waals surface area contributed by atoms with Gasteiger partial charge in [0.1, 0.15) is 36.5 Å². The number of amidine groups is 1. The van der Waals surface area contributed by atoms with Crippen LogP contribution in [-0.2, 0) is 0 Å². The van der Waals surface area contributed by atoms with Gasteiger partial charge in [0.15, 0.2) is 0 Å². The molecule has 0 atom stereocenters. The molecule has 0 fully saturated rings. The standard InChI is InChI=1S/C20H19N5O2/c1-3-13-26-18-11-7-5-9-16(18)22-24-20(15-21)25-23-17-10-6-8-12-19(17)27-14-4-2/h3-12,22H,1-2,13-14H2/b24-20+,25-23?. The van der Waals surface area contributed by atoms with Gasteiger partial charge in [0.2, 0.25) is 0 Å². The molecule has 2 aromatic carbocycles. The Morgan fingerprint density at radius 1 is 1.00 bits per heavy atom. The van der Waals surface area contributed by atoms with Gasteiger partial charge in [-0.25, -0.2) is 0 Å². The van der Waals surface area contributed by atoms with Crippen molar-refractivity contribution in [2.45, 2.75) is 0 Å². The van der Waals surface area contributed by atoms with Gasteiger partial charge in [-0.2, -0.15) is 5.26 Å². The van der Waals surface area contributed by atoms with E-state index in [9.17, 15) is 5.26 Å². The quantitative estimate of drug-likeness (QED) is 0.227. The first-order valence-corrected chi connectivity index (χ1v) is 8.09. The molecule has 136 valence electrons. The Balaban J connectivity index is 2.14. The summed E-state index contributed by atoms with van der Waals surface area (Å²) in [4.78, 5) is 0. The van der Waals surface area contributed by atoms with Crippen LogP contribution < -0.4 is 14.9 Å². The third-order valence-electron chi connectivity index (χ3n) is 3.10. The fourth-order valence-electron chi connectivity index (χ4n) is 1.93. The van der Waals surface area contributed by atoms with Crippen LogP contribution in [0, 0.1) is 11.3 Å². The number of nitrogens with one attached hydrogen (secondary N) is 1. The van der Waals surface area contributed by atoms with Crippen LogP contribution in [0.2, 0.25) is 0 Å². The summed E-state index contributed by atoms with van der Waals surface area (Å²) >= 11 is 0. The van der Waals surface area contributed by atoms with Crippen molar-refractivity contribution in [2.75, 3.05) is 18.6 Å². The van der Waals surface area contributed by atoms with Crippen LogP contribution in [-0.4, -0.2) is 19.0 Å². The highest BCUT2D eigenvalue weighted by atomic mass is 16.5. The molecule has 0 amide bonds. The SMILES string of the molecule is C=CCOc1ccccc1N=N/C(C#N)=N/Nc1ccccc1OCC=C. The second-order valence-corrected chi connectivity index (χ2v) is 5.02. The predicted octanol–water partition coefficient (Wildman–Crippen LogP) is 4.85. The third-order valence-corrected chi connectivity index (χ3v) is 3.10. The first kappa shape index (κ1) is 19.4. The van der Waals surface area contributed by atoms with Crippen molar-refractivity contribution in [2.24, 2.45) is 15.3 Å². The molecule has 1 N–H and O–H groups in total. The number of nitrogens with zero attached hydrogens (tertiary/aromatic N) is 4. The van der Waals surface area contributed by atoms with E-state index in [-0.39, 0.29) is 5.84 Å². The van der Waals surface area contributed by atoms with Gasteiger partial charge in [-0.1, -0.05) is 49.6 Å². The van der Waals surface area contributed by atoms with Crippen LogP contribution in [0.3, 0.4) is 0 Å². The second kappa shape index (κ2) is 10.8. The van der Waals surface area contributed by atoms with Crippen molar-refractivity contribution >= 4 is 17.2 Å². The Morgan fingerprint density at radius 3 is 2.33 bits per heavy atom. The molecule has 2 aromatic rings. The maximum Gasteiger partial charge on any atom is 0.270 e. The number of hydrazone groups is 1. The molecule has 0 aliphatic heterocycles. The minimum atomic E-state index is -0.146. The lowest BCUT2D eigenvalue weighted by molar-refractivity contribution is 0.364. The minimum absolute atomic E-state index is 0.146. The molecule has 0 aliphatic rings. The lowest BCUT2D eigenvalue weighted by Gasteiger charge is -2.08. The Bertz CT molecular complexity index is 884. The topological polar surface area (TPSA) is 91.4 Å². The number of rotatable bonds is 9. The molecule has 7 nitrogen and oxygen atoms in total. The molecule has 0 spiro atoms. The van der Waals surface area contributed by atoms with Crippen LogP contribution >= 0.6 is 0 Å². The third kappa shape index (κ3) is 6.14. The van der Waals surface area contributed by atoms with Gasteiger partial charge in [0, 0.05) is 0 Å². The second-order valence-electron chi connectivity index (χ2n) is 5.02. The van der Waals surface area contributed by atoms with E-state index in [2.05, 4.69) is 33.9 Å². The number of hydrogen-bond donors (Lipinski definition) is 1. The number of benzene rings is 2. The molecule has 0 saturated carbocycles. The zero-order valence-corrected chi connectivity index (χ0v) is 14.7. The molecule has 7 heteroatoms. The van der Waals surface area contributed by atoms with Gasteiger partial charge < -0.3 is 9.47 Å². The van der Waals surface area contributed by atoms with E-state index in [1.165, 1.54) is 0 Å². The lowest BCUT2D eigenvalue weighted by Crippen LogP contribution is -2.00. The smallest absolute Gasteiger partial charge is 0.270 e. The van der Waals surface area contributed by atoms with E-state index >= 15 is 0 Å². The van der Waals surface area contributed by atoms with Gasteiger partial charge in [0.05, 0.1) is 5.69 Å². The van der Waals surface area contributed by atoms with E-state index in [4.69, 9.17) is 9.47 Å². The molecular formula is C20H19N5O2. The summed E-state index contributed by atoms with van der Waals surface area (Å²) in [6.45, 7) is 7.92. The van der Waals surface area contributed by atoms with Crippen molar-refractivity contribution < 1.29 is 9.47 Å². The highest BCUT2D eigenvalue weighted by Crippen LogP contribution is 2.27. The lowest BCUT2D eigenvalue weighted by atomic mass is 10.3. The summed E-state index contributed by atoms with van der Waals surface area (Å²) in [6.07, 6.45) is 3.27. The number of ether oxygens (including phenoxy) is 2. The zero-order chi connectivity index (χ0) is 19.3. The number of hydrogen-bond acceptors (Lipinski definition) is 6. The molecule has 0 aromatic heterocycles. The number of nitriles is 1. The van der Waals surface area contributed by atoms with E-state index in [0.29, 0.717) is 36.1 Å². The Kier molecular flexibility index (Phi) is 7.79. The normalized spacial score (nSPS) is 10.9. The van der Waals surface area contributed by atoms with Gasteiger partial charge in [-0.3, -0.25) is 5.43 Å². The van der Waals surface area contributed by atoms with Crippen molar-refractivity contribution in [1.29, 1.82) is 5.26 Å². The fourth-order valence-corrected chi connectivity index (χ4v) is 1.93. The van der Waals surface area contributed by atoms with E-state index in [0.717, 1.165) is 0 Å². The molecule has 0 aliphatic carbocycles. The van der Waals surface area contributed by atoms with Crippen LogP contribution in [0.4, 0.5) is 11.4 Å². The molecule has 0 saturated heterocycles. The molecule has 0 radical (unpaired) electrons. The van der Waals surface area contributed by atoms with Gasteiger partial charge in [0.25, 0.3) is 5.84 Å². The molecule has 2 rings (SSSR count). The average molecular weight is 361 g/mol. The summed E-state index contributed by atoms with van der Waals surface area (Å²) in [6, 6.07) is 16.2. The molecule has 27 heavy (non-hydrogen) atoms.